The first-order valence-corrected chi connectivity index (χ1v) is 13.8. The molecule has 3 aromatic rings. The zero-order valence-electron chi connectivity index (χ0n) is 21.6. The van der Waals surface area contributed by atoms with E-state index in [9.17, 15) is 17.6 Å². The Kier molecular flexibility index (Phi) is 7.25. The van der Waals surface area contributed by atoms with Crippen molar-refractivity contribution in [3.05, 3.63) is 95.3 Å². The lowest BCUT2D eigenvalue weighted by molar-refractivity contribution is -0.138. The smallest absolute Gasteiger partial charge is 0.382 e. The summed E-state index contributed by atoms with van der Waals surface area (Å²) in [6.45, 7) is 2.59. The molecule has 4 atom stereocenters. The molecular formula is C31H33F4N3O. The van der Waals surface area contributed by atoms with E-state index in [-0.39, 0.29) is 23.9 Å². The Labute approximate surface area is 226 Å². The predicted octanol–water partition coefficient (Wildman–Crippen LogP) is 7.42. The van der Waals surface area contributed by atoms with Gasteiger partial charge in [-0.15, -0.1) is 0 Å². The molecule has 206 valence electrons. The minimum absolute atomic E-state index is 0.0188. The number of hydrogen-bond acceptors (Lipinski definition) is 4. The quantitative estimate of drug-likeness (QED) is 0.331. The zero-order valence-corrected chi connectivity index (χ0v) is 21.6. The third-order valence-corrected chi connectivity index (χ3v) is 8.40. The maximum Gasteiger partial charge on any atom is 0.416 e. The van der Waals surface area contributed by atoms with Crippen molar-refractivity contribution in [3.63, 3.8) is 0 Å². The highest BCUT2D eigenvalue weighted by atomic mass is 19.4. The minimum Gasteiger partial charge on any atom is -0.382 e. The summed E-state index contributed by atoms with van der Waals surface area (Å²) in [5.41, 5.74) is 2.73. The number of nitrogens with one attached hydrogen (secondary N) is 2. The van der Waals surface area contributed by atoms with E-state index in [1.165, 1.54) is 18.2 Å². The van der Waals surface area contributed by atoms with Crippen LogP contribution in [0.4, 0.5) is 28.9 Å². The van der Waals surface area contributed by atoms with Gasteiger partial charge in [-0.05, 0) is 73.7 Å². The number of alkyl halides is 3. The van der Waals surface area contributed by atoms with Crippen LogP contribution >= 0.6 is 0 Å². The Morgan fingerprint density at radius 2 is 1.64 bits per heavy atom. The molecule has 0 saturated carbocycles. The van der Waals surface area contributed by atoms with Crippen LogP contribution in [0.5, 0.6) is 0 Å². The first kappa shape index (κ1) is 26.1. The Bertz CT molecular complexity index is 1260. The average molecular weight is 540 g/mol. The van der Waals surface area contributed by atoms with Crippen LogP contribution in [0.15, 0.2) is 72.8 Å². The lowest BCUT2D eigenvalue weighted by Gasteiger charge is -2.47. The number of ether oxygens (including phenoxy) is 1. The van der Waals surface area contributed by atoms with Crippen molar-refractivity contribution in [2.24, 2.45) is 5.92 Å². The highest BCUT2D eigenvalue weighted by molar-refractivity contribution is 5.58. The van der Waals surface area contributed by atoms with E-state index in [0.29, 0.717) is 17.3 Å². The second-order valence-corrected chi connectivity index (χ2v) is 11.0. The Morgan fingerprint density at radius 3 is 2.36 bits per heavy atom. The van der Waals surface area contributed by atoms with Crippen LogP contribution in [0, 0.1) is 11.7 Å². The summed E-state index contributed by atoms with van der Waals surface area (Å²) in [6, 6.07) is 20.8. The van der Waals surface area contributed by atoms with Gasteiger partial charge >= 0.3 is 6.18 Å². The van der Waals surface area contributed by atoms with Crippen LogP contribution in [0.2, 0.25) is 0 Å². The summed E-state index contributed by atoms with van der Waals surface area (Å²) in [4.78, 5) is 2.40. The van der Waals surface area contributed by atoms with Crippen LogP contribution in [-0.2, 0) is 10.9 Å². The van der Waals surface area contributed by atoms with Gasteiger partial charge in [0.05, 0.1) is 23.8 Å². The number of anilines is 2. The highest BCUT2D eigenvalue weighted by Gasteiger charge is 2.44. The largest absolute Gasteiger partial charge is 0.416 e. The van der Waals surface area contributed by atoms with E-state index in [0.717, 1.165) is 62.6 Å². The van der Waals surface area contributed by atoms with Gasteiger partial charge in [0, 0.05) is 48.5 Å². The predicted molar refractivity (Wildman–Crippen MR) is 144 cm³/mol. The van der Waals surface area contributed by atoms with Gasteiger partial charge in [0.15, 0.2) is 0 Å². The molecule has 6 rings (SSSR count). The maximum absolute atomic E-state index is 13.6. The molecule has 0 spiro atoms. The third kappa shape index (κ3) is 5.77. The Balaban J connectivity index is 1.15. The van der Waals surface area contributed by atoms with Gasteiger partial charge in [0.25, 0.3) is 0 Å². The van der Waals surface area contributed by atoms with Crippen molar-refractivity contribution in [2.75, 3.05) is 30.3 Å². The molecule has 0 amide bonds. The SMILES string of the molecule is Fc1ccc(NC2CCN(C[C@H]3CC[C@@H]4[C@H](O3)c3cc(C(F)(F)F)ccc3N[C@H]4c3ccccc3)CC2)cc1. The first-order valence-electron chi connectivity index (χ1n) is 13.8. The van der Waals surface area contributed by atoms with Gasteiger partial charge in [0.2, 0.25) is 0 Å². The van der Waals surface area contributed by atoms with E-state index in [4.69, 9.17) is 4.74 Å². The van der Waals surface area contributed by atoms with Gasteiger partial charge in [-0.3, -0.25) is 0 Å². The van der Waals surface area contributed by atoms with Crippen LogP contribution in [0.3, 0.4) is 0 Å². The fourth-order valence-corrected chi connectivity index (χ4v) is 6.39. The molecule has 2 fully saturated rings. The summed E-state index contributed by atoms with van der Waals surface area (Å²) >= 11 is 0. The molecule has 0 aromatic heterocycles. The molecule has 3 aromatic carbocycles. The Hall–Kier alpha value is -3.10. The fraction of sp³-hybridized carbons (Fsp3) is 0.419. The summed E-state index contributed by atoms with van der Waals surface area (Å²) in [5.74, 6) is -0.198. The monoisotopic (exact) mass is 539 g/mol. The molecule has 3 heterocycles. The second-order valence-electron chi connectivity index (χ2n) is 11.0. The number of hydrogen-bond donors (Lipinski definition) is 2. The number of benzene rings is 3. The molecule has 0 aliphatic carbocycles. The number of likely N-dealkylation sites (tertiary alicyclic amines) is 1. The lowest BCUT2D eigenvalue weighted by atomic mass is 9.76. The maximum atomic E-state index is 13.6. The van der Waals surface area contributed by atoms with Crippen LogP contribution < -0.4 is 10.6 Å². The van der Waals surface area contributed by atoms with E-state index in [2.05, 4.69) is 27.7 Å². The van der Waals surface area contributed by atoms with E-state index < -0.39 is 17.8 Å². The lowest BCUT2D eigenvalue weighted by Crippen LogP contribution is -2.46. The number of rotatable bonds is 5. The van der Waals surface area contributed by atoms with Crippen molar-refractivity contribution in [1.29, 1.82) is 0 Å². The molecule has 0 bridgehead atoms. The van der Waals surface area contributed by atoms with Crippen molar-refractivity contribution >= 4 is 11.4 Å². The van der Waals surface area contributed by atoms with E-state index in [1.54, 1.807) is 18.2 Å². The average Bonchev–Trinajstić information content (AvgIpc) is 2.94. The molecule has 3 aliphatic heterocycles. The molecule has 3 aliphatic rings. The number of piperidine rings is 1. The van der Waals surface area contributed by atoms with Crippen molar-refractivity contribution < 1.29 is 22.3 Å². The molecule has 39 heavy (non-hydrogen) atoms. The molecule has 4 nitrogen and oxygen atoms in total. The second kappa shape index (κ2) is 10.8. The van der Waals surface area contributed by atoms with E-state index >= 15 is 0 Å². The summed E-state index contributed by atoms with van der Waals surface area (Å²) in [6.07, 6.45) is -1.16. The first-order chi connectivity index (χ1) is 18.8. The molecule has 2 saturated heterocycles. The van der Waals surface area contributed by atoms with Gasteiger partial charge in [0.1, 0.15) is 5.82 Å². The third-order valence-electron chi connectivity index (χ3n) is 8.40. The van der Waals surface area contributed by atoms with Gasteiger partial charge in [-0.25, -0.2) is 4.39 Å². The standard InChI is InChI=1S/C31H33F4N3O/c32-22-7-9-23(10-8-22)36-24-14-16-38(17-15-24)19-25-11-12-26-29(20-4-2-1-3-5-20)37-28-13-6-21(31(33,34)35)18-27(28)30(26)39-25/h1-10,13,18,24-26,29-30,36-37H,11-12,14-17,19H2/t25-,26+,29+,30+/m1/s1. The highest BCUT2D eigenvalue weighted by Crippen LogP contribution is 2.51. The summed E-state index contributed by atoms with van der Waals surface area (Å²) in [5, 5.41) is 7.02. The molecule has 0 unspecified atom stereocenters. The van der Waals surface area contributed by atoms with E-state index in [1.807, 2.05) is 18.2 Å². The van der Waals surface area contributed by atoms with Crippen molar-refractivity contribution in [1.82, 2.24) is 4.90 Å². The topological polar surface area (TPSA) is 36.5 Å². The van der Waals surface area contributed by atoms with Gasteiger partial charge in [-0.1, -0.05) is 30.3 Å². The Morgan fingerprint density at radius 1 is 0.897 bits per heavy atom. The molecule has 2 N–H and O–H groups in total. The molecular weight excluding hydrogens is 506 g/mol. The summed E-state index contributed by atoms with van der Waals surface area (Å²) < 4.78 is 60.7. The normalized spacial score (nSPS) is 25.8. The van der Waals surface area contributed by atoms with Crippen LogP contribution in [-0.4, -0.2) is 36.7 Å². The molecule has 8 heteroatoms. The zero-order chi connectivity index (χ0) is 27.0. The van der Waals surface area contributed by atoms with Gasteiger partial charge < -0.3 is 20.3 Å². The fourth-order valence-electron chi connectivity index (χ4n) is 6.39. The van der Waals surface area contributed by atoms with Crippen molar-refractivity contribution in [2.45, 2.75) is 56.2 Å². The number of halogens is 4. The van der Waals surface area contributed by atoms with Crippen molar-refractivity contribution in [3.8, 4) is 0 Å². The minimum atomic E-state index is -4.40. The van der Waals surface area contributed by atoms with Crippen LogP contribution in [0.1, 0.15) is 54.5 Å². The number of nitrogens with zero attached hydrogens (tertiary/aromatic N) is 1. The summed E-state index contributed by atoms with van der Waals surface area (Å²) in [7, 11) is 0. The molecule has 0 radical (unpaired) electrons. The van der Waals surface area contributed by atoms with Crippen LogP contribution in [0.25, 0.3) is 0 Å². The van der Waals surface area contributed by atoms with Gasteiger partial charge in [-0.2, -0.15) is 13.2 Å². The number of fused-ring (bicyclic) bond motifs is 3.